The van der Waals surface area contributed by atoms with Crippen molar-refractivity contribution in [3.05, 3.63) is 39.1 Å². The molecule has 2 aliphatic rings. The number of likely N-dealkylation sites (tertiary alicyclic amines) is 1. The van der Waals surface area contributed by atoms with Gasteiger partial charge in [-0.1, -0.05) is 32.1 Å². The number of halogens is 3. The number of hydrogen-bond donors (Lipinski definition) is 0. The first kappa shape index (κ1) is 26.8. The summed E-state index contributed by atoms with van der Waals surface area (Å²) >= 11 is 1.26. The van der Waals surface area contributed by atoms with E-state index in [4.69, 9.17) is 9.47 Å². The molecular formula is C25H33F3N4O3S. The Morgan fingerprint density at radius 3 is 2.64 bits per heavy atom. The van der Waals surface area contributed by atoms with Crippen molar-refractivity contribution in [2.24, 2.45) is 4.99 Å². The molecule has 198 valence electrons. The van der Waals surface area contributed by atoms with Crippen LogP contribution < -0.4 is 9.54 Å². The Labute approximate surface area is 212 Å². The highest BCUT2D eigenvalue weighted by Crippen LogP contribution is 2.33. The molecule has 2 atom stereocenters. The van der Waals surface area contributed by atoms with Crippen molar-refractivity contribution in [2.75, 3.05) is 26.8 Å². The monoisotopic (exact) mass is 526 g/mol. The van der Waals surface area contributed by atoms with Gasteiger partial charge >= 0.3 is 6.18 Å². The fourth-order valence-corrected chi connectivity index (χ4v) is 5.29. The van der Waals surface area contributed by atoms with E-state index in [0.29, 0.717) is 18.0 Å². The zero-order valence-corrected chi connectivity index (χ0v) is 21.9. The maximum Gasteiger partial charge on any atom is 0.416 e. The number of likely N-dealkylation sites (N-methyl/N-ethyl adjacent to an activating group) is 1. The SMILES string of the molecule is CN1CCC[C@H]1COc1ccc(C(F)(F)F)cc1C(=O)N=c1sc(C(C)(C)C)nn1C[C@H]1CCCO1. The largest absolute Gasteiger partial charge is 0.491 e. The zero-order valence-electron chi connectivity index (χ0n) is 21.1. The number of carbonyl (C=O) groups excluding carboxylic acids is 1. The lowest BCUT2D eigenvalue weighted by Crippen LogP contribution is -2.31. The van der Waals surface area contributed by atoms with Crippen molar-refractivity contribution >= 4 is 17.2 Å². The standard InChI is InChI=1S/C25H33F3N4O3S/c1-24(2,3)22-30-32(14-18-8-6-12-34-18)23(36-22)29-21(33)19-13-16(25(26,27)28)9-10-20(19)35-15-17-7-5-11-31(17)4/h9-10,13,17-18H,5-8,11-12,14-15H2,1-4H3/t17-,18+/m0/s1. The molecule has 0 unspecified atom stereocenters. The van der Waals surface area contributed by atoms with Crippen LogP contribution >= 0.6 is 11.3 Å². The molecule has 7 nitrogen and oxygen atoms in total. The molecule has 0 saturated carbocycles. The maximum absolute atomic E-state index is 13.5. The second-order valence-corrected chi connectivity index (χ2v) is 11.4. The molecule has 0 N–H and O–H groups in total. The number of carbonyl (C=O) groups is 1. The van der Waals surface area contributed by atoms with Gasteiger partial charge in [0, 0.05) is 18.1 Å². The normalized spacial score (nSPS) is 21.9. The highest BCUT2D eigenvalue weighted by Gasteiger charge is 2.33. The van der Waals surface area contributed by atoms with Crippen LogP contribution in [0.1, 0.15) is 67.4 Å². The fraction of sp³-hybridized carbons (Fsp3) is 0.640. The van der Waals surface area contributed by atoms with Gasteiger partial charge in [0.2, 0.25) is 4.80 Å². The number of rotatable bonds is 6. The molecule has 2 fully saturated rings. The van der Waals surface area contributed by atoms with Crippen LogP contribution in [0.4, 0.5) is 13.2 Å². The number of alkyl halides is 3. The molecule has 3 heterocycles. The number of aromatic nitrogens is 2. The lowest BCUT2D eigenvalue weighted by atomic mass is 9.98. The van der Waals surface area contributed by atoms with E-state index < -0.39 is 17.6 Å². The molecule has 11 heteroatoms. The van der Waals surface area contributed by atoms with E-state index in [1.54, 1.807) is 4.68 Å². The van der Waals surface area contributed by atoms with Gasteiger partial charge in [0.25, 0.3) is 5.91 Å². The summed E-state index contributed by atoms with van der Waals surface area (Å²) in [6.07, 6.45) is -0.833. The van der Waals surface area contributed by atoms with E-state index in [2.05, 4.69) is 15.0 Å². The Morgan fingerprint density at radius 2 is 2.03 bits per heavy atom. The molecule has 2 saturated heterocycles. The van der Waals surface area contributed by atoms with Crippen LogP contribution in [0.15, 0.2) is 23.2 Å². The van der Waals surface area contributed by atoms with Gasteiger partial charge in [0.05, 0.1) is 23.8 Å². The molecule has 0 radical (unpaired) electrons. The predicted molar refractivity (Wildman–Crippen MR) is 130 cm³/mol. The lowest BCUT2D eigenvalue weighted by molar-refractivity contribution is -0.137. The molecule has 36 heavy (non-hydrogen) atoms. The second-order valence-electron chi connectivity index (χ2n) is 10.5. The van der Waals surface area contributed by atoms with Crippen LogP contribution in [-0.2, 0) is 22.9 Å². The predicted octanol–water partition coefficient (Wildman–Crippen LogP) is 4.65. The Hall–Kier alpha value is -2.24. The number of ether oxygens (including phenoxy) is 2. The Balaban J connectivity index is 1.69. The van der Waals surface area contributed by atoms with Crippen molar-refractivity contribution in [2.45, 2.75) is 76.7 Å². The second kappa shape index (κ2) is 10.6. The summed E-state index contributed by atoms with van der Waals surface area (Å²) in [7, 11) is 1.98. The minimum Gasteiger partial charge on any atom is -0.491 e. The van der Waals surface area contributed by atoms with Gasteiger partial charge in [0.1, 0.15) is 17.4 Å². The van der Waals surface area contributed by atoms with E-state index in [0.717, 1.165) is 49.4 Å². The molecule has 2 aromatic rings. The van der Waals surface area contributed by atoms with Gasteiger partial charge < -0.3 is 14.4 Å². The topological polar surface area (TPSA) is 69.0 Å². The van der Waals surface area contributed by atoms with Crippen LogP contribution in [0.25, 0.3) is 0 Å². The number of benzene rings is 1. The first-order valence-electron chi connectivity index (χ1n) is 12.2. The first-order chi connectivity index (χ1) is 16.9. The highest BCUT2D eigenvalue weighted by molar-refractivity contribution is 7.09. The van der Waals surface area contributed by atoms with Crippen LogP contribution in [0, 0.1) is 0 Å². The minimum atomic E-state index is -4.59. The van der Waals surface area contributed by atoms with Crippen LogP contribution in [0.5, 0.6) is 5.75 Å². The average molecular weight is 527 g/mol. The maximum atomic E-state index is 13.5. The molecule has 1 aromatic heterocycles. The number of amides is 1. The summed E-state index contributed by atoms with van der Waals surface area (Å²) in [4.78, 5) is 20.1. The van der Waals surface area contributed by atoms with Gasteiger partial charge in [0.15, 0.2) is 0 Å². The van der Waals surface area contributed by atoms with Crippen LogP contribution in [0.3, 0.4) is 0 Å². The Morgan fingerprint density at radius 1 is 1.25 bits per heavy atom. The molecule has 0 bridgehead atoms. The Bertz CT molecular complexity index is 1150. The minimum absolute atomic E-state index is 0.0372. The van der Waals surface area contributed by atoms with E-state index in [9.17, 15) is 18.0 Å². The van der Waals surface area contributed by atoms with Crippen molar-refractivity contribution < 1.29 is 27.4 Å². The highest BCUT2D eigenvalue weighted by atomic mass is 32.1. The third kappa shape index (κ3) is 6.36. The summed E-state index contributed by atoms with van der Waals surface area (Å²) in [5.41, 5.74) is -1.41. The number of nitrogens with zero attached hydrogens (tertiary/aromatic N) is 4. The van der Waals surface area contributed by atoms with Gasteiger partial charge in [-0.3, -0.25) is 4.79 Å². The summed E-state index contributed by atoms with van der Waals surface area (Å²) in [6, 6.07) is 3.13. The Kier molecular flexibility index (Phi) is 7.92. The van der Waals surface area contributed by atoms with E-state index in [-0.39, 0.29) is 35.5 Å². The molecule has 1 aromatic carbocycles. The van der Waals surface area contributed by atoms with Gasteiger partial charge in [-0.25, -0.2) is 4.68 Å². The first-order valence-corrected chi connectivity index (χ1v) is 13.1. The summed E-state index contributed by atoms with van der Waals surface area (Å²) in [5, 5.41) is 5.44. The molecule has 0 spiro atoms. The molecule has 4 rings (SSSR count). The molecular weight excluding hydrogens is 493 g/mol. The molecule has 1 amide bonds. The van der Waals surface area contributed by atoms with Gasteiger partial charge in [-0.05, 0) is 57.5 Å². The zero-order chi connectivity index (χ0) is 26.1. The van der Waals surface area contributed by atoms with Gasteiger partial charge in [-0.2, -0.15) is 23.3 Å². The van der Waals surface area contributed by atoms with Crippen LogP contribution in [-0.4, -0.2) is 59.5 Å². The average Bonchev–Trinajstić information content (AvgIpc) is 3.54. The smallest absolute Gasteiger partial charge is 0.416 e. The number of hydrogen-bond acceptors (Lipinski definition) is 6. The third-order valence-corrected chi connectivity index (χ3v) is 7.87. The van der Waals surface area contributed by atoms with Crippen molar-refractivity contribution in [3.63, 3.8) is 0 Å². The molecule has 0 aliphatic carbocycles. The summed E-state index contributed by atoms with van der Waals surface area (Å²) in [6.45, 7) is 8.35. The summed E-state index contributed by atoms with van der Waals surface area (Å²) in [5.74, 6) is -0.690. The van der Waals surface area contributed by atoms with Gasteiger partial charge in [-0.15, -0.1) is 0 Å². The van der Waals surface area contributed by atoms with Crippen molar-refractivity contribution in [1.29, 1.82) is 0 Å². The van der Waals surface area contributed by atoms with Crippen molar-refractivity contribution in [3.8, 4) is 5.75 Å². The van der Waals surface area contributed by atoms with E-state index >= 15 is 0 Å². The van der Waals surface area contributed by atoms with E-state index in [1.807, 2.05) is 27.8 Å². The third-order valence-electron chi connectivity index (χ3n) is 6.50. The van der Waals surface area contributed by atoms with Crippen LogP contribution in [0.2, 0.25) is 0 Å². The fourth-order valence-electron chi connectivity index (χ4n) is 4.32. The van der Waals surface area contributed by atoms with E-state index in [1.165, 1.54) is 17.4 Å². The molecule has 2 aliphatic heterocycles. The van der Waals surface area contributed by atoms with Crippen molar-refractivity contribution in [1.82, 2.24) is 14.7 Å². The quantitative estimate of drug-likeness (QED) is 0.548. The summed E-state index contributed by atoms with van der Waals surface area (Å²) < 4.78 is 53.7. The lowest BCUT2D eigenvalue weighted by Gasteiger charge is -2.20.